The lowest BCUT2D eigenvalue weighted by Crippen LogP contribution is -2.62. The van der Waals surface area contributed by atoms with Crippen LogP contribution in [0.4, 0.5) is 0 Å². The van der Waals surface area contributed by atoms with Crippen molar-refractivity contribution in [2.45, 2.75) is 198 Å². The summed E-state index contributed by atoms with van der Waals surface area (Å²) in [7, 11) is 0. The molecule has 14 heteroatoms. The molecule has 0 radical (unpaired) electrons. The summed E-state index contributed by atoms with van der Waals surface area (Å²) >= 11 is 0. The Bertz CT molecular complexity index is 1550. The van der Waals surface area contributed by atoms with E-state index in [1.807, 2.05) is 6.92 Å². The van der Waals surface area contributed by atoms with Crippen LogP contribution < -0.4 is 0 Å². The molecule has 0 bridgehead atoms. The van der Waals surface area contributed by atoms with Crippen molar-refractivity contribution in [1.82, 2.24) is 0 Å². The number of rotatable bonds is 8. The van der Waals surface area contributed by atoms with Crippen LogP contribution in [0, 0.1) is 28.6 Å². The van der Waals surface area contributed by atoms with Crippen molar-refractivity contribution in [2.75, 3.05) is 6.61 Å². The molecule has 0 aromatic heterocycles. The lowest BCUT2D eigenvalue weighted by molar-refractivity contribution is -0.336. The molecule has 3 saturated heterocycles. The van der Waals surface area contributed by atoms with E-state index in [1.54, 1.807) is 19.9 Å². The number of hydrogen-bond donors (Lipinski definition) is 4. The Labute approximate surface area is 335 Å². The van der Waals surface area contributed by atoms with E-state index in [-0.39, 0.29) is 48.1 Å². The molecule has 0 unspecified atom stereocenters. The molecule has 0 spiro atoms. The molecule has 8 rings (SSSR count). The number of fused-ring (bicyclic) bond motifs is 5. The Morgan fingerprint density at radius 2 is 1.33 bits per heavy atom. The van der Waals surface area contributed by atoms with Gasteiger partial charge in [-0.25, -0.2) is 4.79 Å². The Morgan fingerprint density at radius 3 is 1.88 bits per heavy atom. The van der Waals surface area contributed by atoms with E-state index in [0.29, 0.717) is 24.9 Å². The molecular weight excluding hydrogens is 740 g/mol. The Kier molecular flexibility index (Phi) is 11.6. The first kappa shape index (κ1) is 41.7. The lowest BCUT2D eigenvalue weighted by Gasteiger charge is -2.63. The summed E-state index contributed by atoms with van der Waals surface area (Å²) in [6.07, 6.45) is 2.55. The summed E-state index contributed by atoms with van der Waals surface area (Å²) in [6.45, 7) is 11.5. The van der Waals surface area contributed by atoms with E-state index in [0.717, 1.165) is 56.1 Å². The van der Waals surface area contributed by atoms with Gasteiger partial charge in [-0.15, -0.1) is 0 Å². The standard InChI is InChI=1S/C43H64O14/c1-21-38(54-24(4)44)31(45)18-36(52-21)56-40-23(3)53-37(19-33(40)47)57-39-22(2)51-35(17-32(39)46)55-27-9-12-41(5)26(16-27)7-8-30-29(41)10-13-42(6)28(11-14-43(30,42)49)25-15-34(48)50-20-25/h11,15,21-23,26-27,29-33,35-40,45-47,49H,7-10,12-14,16-20H2,1-6H3/t21-,22-,23-,26+,27+,29+,30+,31+,32+,33+,35+,36+,37+,38-,39-,40-,41+,42-,43+/m1/s1. The van der Waals surface area contributed by atoms with Gasteiger partial charge in [-0.1, -0.05) is 19.9 Å². The van der Waals surface area contributed by atoms with Crippen LogP contribution in [0.5, 0.6) is 0 Å². The van der Waals surface area contributed by atoms with Crippen molar-refractivity contribution in [3.63, 3.8) is 0 Å². The van der Waals surface area contributed by atoms with Crippen LogP contribution in [0.1, 0.15) is 112 Å². The molecule has 19 atom stereocenters. The fraction of sp³-hybridized carbons (Fsp3) is 0.860. The number of ether oxygens (including phenoxy) is 8. The van der Waals surface area contributed by atoms with Gasteiger partial charge in [0, 0.05) is 43.3 Å². The maximum absolute atomic E-state index is 12.5. The van der Waals surface area contributed by atoms with Crippen molar-refractivity contribution in [3.8, 4) is 0 Å². The second-order valence-corrected chi connectivity index (χ2v) is 18.9. The first-order valence-electron chi connectivity index (χ1n) is 21.4. The number of carbonyl (C=O) groups excluding carboxylic acids is 2. The molecule has 0 aromatic rings. The second-order valence-electron chi connectivity index (χ2n) is 18.9. The zero-order chi connectivity index (χ0) is 40.6. The first-order valence-corrected chi connectivity index (χ1v) is 21.4. The fourth-order valence-corrected chi connectivity index (χ4v) is 12.5. The third kappa shape index (κ3) is 7.56. The highest BCUT2D eigenvalue weighted by molar-refractivity contribution is 5.86. The molecule has 0 amide bonds. The molecule has 4 aliphatic heterocycles. The van der Waals surface area contributed by atoms with E-state index in [9.17, 15) is 30.0 Å². The minimum Gasteiger partial charge on any atom is -0.458 e. The maximum Gasteiger partial charge on any atom is 0.331 e. The zero-order valence-corrected chi connectivity index (χ0v) is 34.2. The molecule has 4 N–H and O–H groups in total. The van der Waals surface area contributed by atoms with Crippen LogP contribution in [-0.4, -0.2) is 124 Å². The summed E-state index contributed by atoms with van der Waals surface area (Å²) in [5.41, 5.74) is 0.902. The third-order valence-corrected chi connectivity index (χ3v) is 15.6. The highest BCUT2D eigenvalue weighted by atomic mass is 16.7. The smallest absolute Gasteiger partial charge is 0.331 e. The van der Waals surface area contributed by atoms with Gasteiger partial charge in [0.1, 0.15) is 18.8 Å². The van der Waals surface area contributed by atoms with E-state index >= 15 is 0 Å². The minimum atomic E-state index is -0.981. The van der Waals surface area contributed by atoms with Crippen molar-refractivity contribution in [1.29, 1.82) is 0 Å². The first-order chi connectivity index (χ1) is 27.0. The van der Waals surface area contributed by atoms with Crippen molar-refractivity contribution < 1.29 is 67.9 Å². The van der Waals surface area contributed by atoms with Crippen LogP contribution in [0.25, 0.3) is 0 Å². The second kappa shape index (κ2) is 15.8. The van der Waals surface area contributed by atoms with Gasteiger partial charge < -0.3 is 58.3 Å². The van der Waals surface area contributed by atoms with Crippen LogP contribution in [0.15, 0.2) is 23.3 Å². The summed E-state index contributed by atoms with van der Waals surface area (Å²) in [6, 6.07) is 0. The summed E-state index contributed by atoms with van der Waals surface area (Å²) < 4.78 is 47.7. The fourth-order valence-electron chi connectivity index (χ4n) is 12.5. The molecule has 4 aliphatic carbocycles. The van der Waals surface area contributed by atoms with Gasteiger partial charge in [-0.05, 0) is 101 Å². The number of cyclic esters (lactones) is 1. The Balaban J connectivity index is 0.814. The van der Waals surface area contributed by atoms with Crippen LogP contribution in [-0.2, 0) is 47.5 Å². The van der Waals surface area contributed by atoms with E-state index < -0.39 is 85.4 Å². The topological polar surface area (TPSA) is 189 Å². The molecule has 3 saturated carbocycles. The van der Waals surface area contributed by atoms with E-state index in [4.69, 9.17) is 37.9 Å². The molecule has 57 heavy (non-hydrogen) atoms. The average Bonchev–Trinajstić information content (AvgIpc) is 3.68. The Morgan fingerprint density at radius 1 is 0.754 bits per heavy atom. The maximum atomic E-state index is 12.5. The number of esters is 2. The van der Waals surface area contributed by atoms with Crippen molar-refractivity contribution in [2.24, 2.45) is 28.6 Å². The zero-order valence-electron chi connectivity index (χ0n) is 34.2. The third-order valence-electron chi connectivity index (χ3n) is 15.6. The summed E-state index contributed by atoms with van der Waals surface area (Å²) in [4.78, 5) is 23.3. The van der Waals surface area contributed by atoms with E-state index in [1.165, 1.54) is 6.92 Å². The molecule has 320 valence electrons. The van der Waals surface area contributed by atoms with Gasteiger partial charge in [0.15, 0.2) is 25.0 Å². The largest absolute Gasteiger partial charge is 0.458 e. The molecule has 6 fully saturated rings. The minimum absolute atomic E-state index is 0.00410. The summed E-state index contributed by atoms with van der Waals surface area (Å²) in [5.74, 6) is 0.264. The van der Waals surface area contributed by atoms with Gasteiger partial charge in [0.05, 0.1) is 48.3 Å². The number of aliphatic hydroxyl groups excluding tert-OH is 3. The molecule has 8 aliphatic rings. The predicted molar refractivity (Wildman–Crippen MR) is 201 cm³/mol. The van der Waals surface area contributed by atoms with Gasteiger partial charge in [0.2, 0.25) is 0 Å². The van der Waals surface area contributed by atoms with Gasteiger partial charge >= 0.3 is 11.9 Å². The normalized spacial score (nSPS) is 51.2. The predicted octanol–water partition coefficient (Wildman–Crippen LogP) is 3.74. The quantitative estimate of drug-likeness (QED) is 0.205. The van der Waals surface area contributed by atoms with E-state index in [2.05, 4.69) is 19.9 Å². The lowest BCUT2D eigenvalue weighted by atomic mass is 9.43. The van der Waals surface area contributed by atoms with Gasteiger partial charge in [-0.2, -0.15) is 0 Å². The SMILES string of the molecule is CC(=O)O[C@H]1[C@@H](O)C[C@H](O[C@H]2[C@@H](O)C[C@H](O[C@H]3[C@@H](O)C[C@H](O[C@H]4CC[C@@]5(C)[C@@H](CC[C@H]6[C@@H]5CC[C@]5(C)C(C7=CC(=O)OC7)=CC[C@]65O)C4)O[C@@H]3C)O[C@@H]2C)O[C@@H]1C. The highest BCUT2D eigenvalue weighted by Crippen LogP contribution is 2.68. The molecule has 4 heterocycles. The number of carbonyl (C=O) groups is 2. The Hall–Kier alpha value is -1.98. The van der Waals surface area contributed by atoms with Crippen LogP contribution in [0.2, 0.25) is 0 Å². The molecular formula is C43H64O14. The van der Waals surface area contributed by atoms with Crippen molar-refractivity contribution >= 4 is 11.9 Å². The van der Waals surface area contributed by atoms with Gasteiger partial charge in [0.25, 0.3) is 0 Å². The monoisotopic (exact) mass is 804 g/mol. The highest BCUT2D eigenvalue weighted by Gasteiger charge is 2.66. The molecule has 14 nitrogen and oxygen atoms in total. The molecule has 0 aromatic carbocycles. The van der Waals surface area contributed by atoms with Crippen LogP contribution in [0.3, 0.4) is 0 Å². The van der Waals surface area contributed by atoms with Crippen LogP contribution >= 0.6 is 0 Å². The van der Waals surface area contributed by atoms with Gasteiger partial charge in [-0.3, -0.25) is 4.79 Å². The summed E-state index contributed by atoms with van der Waals surface area (Å²) in [5, 5.41) is 45.5. The number of hydrogen-bond acceptors (Lipinski definition) is 14. The van der Waals surface area contributed by atoms with Crippen molar-refractivity contribution in [3.05, 3.63) is 23.3 Å². The number of aliphatic hydroxyl groups is 4. The average molecular weight is 805 g/mol.